The predicted octanol–water partition coefficient (Wildman–Crippen LogP) is 4.33. The van der Waals surface area contributed by atoms with Gasteiger partial charge in [-0.3, -0.25) is 9.52 Å². The van der Waals surface area contributed by atoms with E-state index < -0.39 is 33.6 Å². The fourth-order valence-electron chi connectivity index (χ4n) is 3.50. The van der Waals surface area contributed by atoms with E-state index in [1.165, 1.54) is 55.5 Å². The van der Waals surface area contributed by atoms with Crippen LogP contribution >= 0.6 is 0 Å². The highest BCUT2D eigenvalue weighted by Gasteiger charge is 2.22. The summed E-state index contributed by atoms with van der Waals surface area (Å²) in [4.78, 5) is 17.2. The molecular formula is C25H22F2N4O3S. The molecule has 1 aromatic heterocycles. The molecule has 0 unspecified atom stereocenters. The van der Waals surface area contributed by atoms with Crippen molar-refractivity contribution < 1.29 is 22.0 Å². The molecule has 7 nitrogen and oxygen atoms in total. The lowest BCUT2D eigenvalue weighted by atomic mass is 10.0. The van der Waals surface area contributed by atoms with Crippen LogP contribution in [0.4, 0.5) is 14.5 Å². The second kappa shape index (κ2) is 9.67. The molecule has 2 N–H and O–H groups in total. The van der Waals surface area contributed by atoms with Crippen molar-refractivity contribution in [2.45, 2.75) is 17.9 Å². The summed E-state index contributed by atoms with van der Waals surface area (Å²) >= 11 is 0. The standard InChI is InChI=1S/C25H22F2N4O3S/c1-16-6-11-21(15-22(16)27)35(33,34)30-20-5-3-4-18(14-20)25(32)29-23(24-28-12-13-31(24)2)17-7-9-19(26)10-8-17/h3-15,23,30H,1-2H3,(H,29,32)/t23-/m0/s1. The van der Waals surface area contributed by atoms with Crippen LogP contribution in [0.3, 0.4) is 0 Å². The summed E-state index contributed by atoms with van der Waals surface area (Å²) in [5, 5.41) is 2.88. The van der Waals surface area contributed by atoms with Gasteiger partial charge in [0.25, 0.3) is 15.9 Å². The number of carbonyl (C=O) groups excluding carboxylic acids is 1. The monoisotopic (exact) mass is 496 g/mol. The Hall–Kier alpha value is -4.05. The average molecular weight is 497 g/mol. The molecule has 3 aromatic carbocycles. The lowest BCUT2D eigenvalue weighted by molar-refractivity contribution is 0.0941. The van der Waals surface area contributed by atoms with E-state index >= 15 is 0 Å². The van der Waals surface area contributed by atoms with Gasteiger partial charge in [0.15, 0.2) is 0 Å². The molecule has 1 amide bonds. The van der Waals surface area contributed by atoms with E-state index in [-0.39, 0.29) is 16.1 Å². The summed E-state index contributed by atoms with van der Waals surface area (Å²) in [7, 11) is -2.30. The van der Waals surface area contributed by atoms with Crippen LogP contribution in [-0.4, -0.2) is 23.9 Å². The number of benzene rings is 3. The van der Waals surface area contributed by atoms with Gasteiger partial charge in [-0.15, -0.1) is 0 Å². The zero-order valence-electron chi connectivity index (χ0n) is 18.9. The van der Waals surface area contributed by atoms with E-state index in [4.69, 9.17) is 0 Å². The number of sulfonamides is 1. The van der Waals surface area contributed by atoms with E-state index in [9.17, 15) is 22.0 Å². The number of nitrogens with zero attached hydrogens (tertiary/aromatic N) is 2. The van der Waals surface area contributed by atoms with E-state index in [2.05, 4.69) is 15.0 Å². The largest absolute Gasteiger partial charge is 0.338 e. The number of rotatable bonds is 7. The van der Waals surface area contributed by atoms with E-state index in [0.29, 0.717) is 17.0 Å². The van der Waals surface area contributed by atoms with Crippen LogP contribution in [0.2, 0.25) is 0 Å². The van der Waals surface area contributed by atoms with Crippen molar-refractivity contribution in [1.29, 1.82) is 0 Å². The van der Waals surface area contributed by atoms with Crippen molar-refractivity contribution in [2.75, 3.05) is 4.72 Å². The average Bonchev–Trinajstić information content (AvgIpc) is 3.25. The molecule has 1 atom stereocenters. The third-order valence-electron chi connectivity index (χ3n) is 5.43. The molecule has 4 aromatic rings. The molecular weight excluding hydrogens is 474 g/mol. The highest BCUT2D eigenvalue weighted by Crippen LogP contribution is 2.23. The minimum absolute atomic E-state index is 0.133. The van der Waals surface area contributed by atoms with Gasteiger partial charge in [0.1, 0.15) is 23.5 Å². The molecule has 0 fully saturated rings. The normalized spacial score (nSPS) is 12.2. The molecule has 0 aliphatic rings. The zero-order chi connectivity index (χ0) is 25.2. The Kier molecular flexibility index (Phi) is 6.65. The van der Waals surface area contributed by atoms with Gasteiger partial charge in [-0.1, -0.05) is 24.3 Å². The van der Waals surface area contributed by atoms with Crippen LogP contribution in [0.1, 0.15) is 33.4 Å². The summed E-state index contributed by atoms with van der Waals surface area (Å²) in [6, 6.07) is 14.5. The van der Waals surface area contributed by atoms with Crippen molar-refractivity contribution in [3.8, 4) is 0 Å². The van der Waals surface area contributed by atoms with Crippen molar-refractivity contribution >= 4 is 21.6 Å². The predicted molar refractivity (Wildman–Crippen MR) is 127 cm³/mol. The first kappa shape index (κ1) is 24.1. The molecule has 4 rings (SSSR count). The van der Waals surface area contributed by atoms with Crippen LogP contribution in [0, 0.1) is 18.6 Å². The van der Waals surface area contributed by atoms with E-state index in [1.807, 2.05) is 0 Å². The molecule has 0 radical (unpaired) electrons. The number of nitrogens with one attached hydrogen (secondary N) is 2. The Bertz CT molecular complexity index is 1480. The van der Waals surface area contributed by atoms with Gasteiger partial charge in [-0.2, -0.15) is 0 Å². The second-order valence-electron chi connectivity index (χ2n) is 7.95. The molecule has 35 heavy (non-hydrogen) atoms. The molecule has 180 valence electrons. The lowest BCUT2D eigenvalue weighted by Crippen LogP contribution is -2.31. The SMILES string of the molecule is Cc1ccc(S(=O)(=O)Nc2cccc(C(=O)N[C@@H](c3ccc(F)cc3)c3nccn3C)c2)cc1F. The van der Waals surface area contributed by atoms with E-state index in [0.717, 1.165) is 6.07 Å². The maximum Gasteiger partial charge on any atom is 0.261 e. The number of aromatic nitrogens is 2. The Labute approximate surface area is 201 Å². The van der Waals surface area contributed by atoms with Crippen LogP contribution < -0.4 is 10.0 Å². The topological polar surface area (TPSA) is 93.1 Å². The molecule has 0 spiro atoms. The molecule has 0 saturated heterocycles. The molecule has 1 heterocycles. The first-order valence-electron chi connectivity index (χ1n) is 10.6. The molecule has 10 heteroatoms. The minimum atomic E-state index is -4.08. The minimum Gasteiger partial charge on any atom is -0.338 e. The number of halogens is 2. The van der Waals surface area contributed by atoms with Crippen LogP contribution in [-0.2, 0) is 17.1 Å². The zero-order valence-corrected chi connectivity index (χ0v) is 19.7. The maximum absolute atomic E-state index is 13.9. The third-order valence-corrected chi connectivity index (χ3v) is 6.80. The molecule has 0 bridgehead atoms. The number of anilines is 1. The van der Waals surface area contributed by atoms with Gasteiger partial charge in [-0.05, 0) is 60.5 Å². The van der Waals surface area contributed by atoms with Crippen LogP contribution in [0.25, 0.3) is 0 Å². The summed E-state index contributed by atoms with van der Waals surface area (Å²) < 4.78 is 56.9. The van der Waals surface area contributed by atoms with Crippen LogP contribution in [0.5, 0.6) is 0 Å². The fourth-order valence-corrected chi connectivity index (χ4v) is 4.56. The number of amides is 1. The van der Waals surface area contributed by atoms with Gasteiger partial charge in [0.2, 0.25) is 0 Å². The maximum atomic E-state index is 13.9. The van der Waals surface area contributed by atoms with Crippen molar-refractivity contribution in [1.82, 2.24) is 14.9 Å². The van der Waals surface area contributed by atoms with Gasteiger partial charge < -0.3 is 9.88 Å². The number of hydrogen-bond acceptors (Lipinski definition) is 4. The number of hydrogen-bond donors (Lipinski definition) is 2. The molecule has 0 saturated carbocycles. The Morgan fingerprint density at radius 3 is 2.43 bits per heavy atom. The van der Waals surface area contributed by atoms with Crippen LogP contribution in [0.15, 0.2) is 84.0 Å². The quantitative estimate of drug-likeness (QED) is 0.398. The first-order chi connectivity index (χ1) is 16.6. The highest BCUT2D eigenvalue weighted by molar-refractivity contribution is 7.92. The smallest absolute Gasteiger partial charge is 0.261 e. The Morgan fingerprint density at radius 1 is 1.03 bits per heavy atom. The third kappa shape index (κ3) is 5.38. The molecule has 0 aliphatic heterocycles. The van der Waals surface area contributed by atoms with E-state index in [1.54, 1.807) is 36.1 Å². The van der Waals surface area contributed by atoms with Crippen molar-refractivity contribution in [3.05, 3.63) is 113 Å². The van der Waals surface area contributed by atoms with Gasteiger partial charge in [-0.25, -0.2) is 22.2 Å². The van der Waals surface area contributed by atoms with Gasteiger partial charge in [0, 0.05) is 30.7 Å². The summed E-state index contributed by atoms with van der Waals surface area (Å²) in [6.07, 6.45) is 3.31. The number of imidazole rings is 1. The summed E-state index contributed by atoms with van der Waals surface area (Å²) in [5.41, 5.74) is 1.26. The fraction of sp³-hybridized carbons (Fsp3) is 0.120. The number of carbonyl (C=O) groups is 1. The first-order valence-corrected chi connectivity index (χ1v) is 12.0. The number of aryl methyl sites for hydroxylation is 2. The van der Waals surface area contributed by atoms with Gasteiger partial charge in [0.05, 0.1) is 4.90 Å². The Morgan fingerprint density at radius 2 is 1.77 bits per heavy atom. The van der Waals surface area contributed by atoms with Crippen molar-refractivity contribution in [2.24, 2.45) is 7.05 Å². The summed E-state index contributed by atoms with van der Waals surface area (Å²) in [5.74, 6) is -1.01. The van der Waals surface area contributed by atoms with Gasteiger partial charge >= 0.3 is 0 Å². The lowest BCUT2D eigenvalue weighted by Gasteiger charge is -2.19. The highest BCUT2D eigenvalue weighted by atomic mass is 32.2. The molecule has 0 aliphatic carbocycles. The Balaban J connectivity index is 1.59. The summed E-state index contributed by atoms with van der Waals surface area (Å²) in [6.45, 7) is 1.53. The van der Waals surface area contributed by atoms with Crippen molar-refractivity contribution in [3.63, 3.8) is 0 Å². The second-order valence-corrected chi connectivity index (χ2v) is 9.63.